The molecular weight excluding hydrogens is 406 g/mol. The molecule has 0 fully saturated rings. The van der Waals surface area contributed by atoms with Crippen molar-refractivity contribution in [2.24, 2.45) is 0 Å². The fourth-order valence-corrected chi connectivity index (χ4v) is 4.39. The van der Waals surface area contributed by atoms with Crippen LogP contribution in [0.4, 0.5) is 0 Å². The van der Waals surface area contributed by atoms with Crippen molar-refractivity contribution < 1.29 is 9.47 Å². The maximum atomic E-state index is 5.50. The average molecular weight is 432 g/mol. The van der Waals surface area contributed by atoms with Gasteiger partial charge in [0.05, 0.1) is 19.9 Å². The van der Waals surface area contributed by atoms with Crippen molar-refractivity contribution in [3.8, 4) is 28.6 Å². The van der Waals surface area contributed by atoms with Gasteiger partial charge in [-0.15, -0.1) is 10.2 Å². The monoisotopic (exact) mass is 431 g/mol. The highest BCUT2D eigenvalue weighted by molar-refractivity contribution is 7.98. The van der Waals surface area contributed by atoms with E-state index in [4.69, 9.17) is 9.47 Å². The molecule has 5 nitrogen and oxygen atoms in total. The first-order valence-corrected chi connectivity index (χ1v) is 11.0. The highest BCUT2D eigenvalue weighted by atomic mass is 32.2. The normalized spacial score (nSPS) is 10.8. The molecule has 0 aliphatic rings. The molecule has 0 saturated heterocycles. The van der Waals surface area contributed by atoms with Crippen LogP contribution in [0.15, 0.2) is 71.9 Å². The van der Waals surface area contributed by atoms with E-state index in [1.807, 2.05) is 30.3 Å². The van der Waals surface area contributed by atoms with E-state index < -0.39 is 0 Å². The molecule has 0 aliphatic carbocycles. The number of benzene rings is 3. The van der Waals surface area contributed by atoms with Crippen LogP contribution in [0.2, 0.25) is 0 Å². The van der Waals surface area contributed by atoms with Crippen LogP contribution in [-0.4, -0.2) is 29.0 Å². The summed E-state index contributed by atoms with van der Waals surface area (Å²) in [5.74, 6) is 2.93. The standard InChI is InChI=1S/C25H25N3O2S/c1-17-8-7-10-19(14-17)16-31-25-27-26-24(28(25)21-11-6-5-9-18(21)2)20-12-13-22(29-3)23(15-20)30-4/h5-15H,16H2,1-4H3. The second-order valence-corrected chi connectivity index (χ2v) is 8.22. The summed E-state index contributed by atoms with van der Waals surface area (Å²) in [6.07, 6.45) is 0. The maximum Gasteiger partial charge on any atom is 0.196 e. The zero-order valence-corrected chi connectivity index (χ0v) is 18.9. The lowest BCUT2D eigenvalue weighted by atomic mass is 10.1. The number of nitrogens with zero attached hydrogens (tertiary/aromatic N) is 3. The Hall–Kier alpha value is -3.25. The van der Waals surface area contributed by atoms with Crippen LogP contribution in [0.25, 0.3) is 17.1 Å². The van der Waals surface area contributed by atoms with Gasteiger partial charge in [0.15, 0.2) is 22.5 Å². The number of hydrogen-bond donors (Lipinski definition) is 0. The molecule has 0 saturated carbocycles. The Morgan fingerprint density at radius 2 is 1.65 bits per heavy atom. The van der Waals surface area contributed by atoms with E-state index in [1.165, 1.54) is 11.1 Å². The lowest BCUT2D eigenvalue weighted by Gasteiger charge is -2.14. The molecule has 0 aliphatic heterocycles. The van der Waals surface area contributed by atoms with Crippen LogP contribution in [0.5, 0.6) is 11.5 Å². The maximum absolute atomic E-state index is 5.50. The first kappa shape index (κ1) is 21.0. The first-order chi connectivity index (χ1) is 15.1. The van der Waals surface area contributed by atoms with Crippen molar-refractivity contribution in [1.29, 1.82) is 0 Å². The van der Waals surface area contributed by atoms with E-state index in [1.54, 1.807) is 26.0 Å². The second kappa shape index (κ2) is 9.27. The van der Waals surface area contributed by atoms with Gasteiger partial charge in [-0.3, -0.25) is 4.57 Å². The van der Waals surface area contributed by atoms with Crippen molar-refractivity contribution in [3.05, 3.63) is 83.4 Å². The number of thioether (sulfide) groups is 1. The molecule has 1 aromatic heterocycles. The molecule has 0 unspecified atom stereocenters. The van der Waals surface area contributed by atoms with Gasteiger partial charge in [-0.1, -0.05) is 59.8 Å². The summed E-state index contributed by atoms with van der Waals surface area (Å²) in [6, 6.07) is 22.6. The lowest BCUT2D eigenvalue weighted by Crippen LogP contribution is -2.02. The van der Waals surface area contributed by atoms with Gasteiger partial charge in [0.1, 0.15) is 0 Å². The number of rotatable bonds is 7. The molecule has 6 heteroatoms. The minimum atomic E-state index is 0.660. The van der Waals surface area contributed by atoms with Gasteiger partial charge in [0.2, 0.25) is 0 Å². The third-order valence-corrected chi connectivity index (χ3v) is 6.08. The zero-order valence-electron chi connectivity index (χ0n) is 18.1. The summed E-state index contributed by atoms with van der Waals surface area (Å²) in [6.45, 7) is 4.21. The highest BCUT2D eigenvalue weighted by Gasteiger charge is 2.19. The molecular formula is C25H25N3O2S. The topological polar surface area (TPSA) is 49.2 Å². The summed E-state index contributed by atoms with van der Waals surface area (Å²) in [5.41, 5.74) is 5.64. The molecule has 1 heterocycles. The third kappa shape index (κ3) is 4.44. The van der Waals surface area contributed by atoms with Crippen molar-refractivity contribution in [3.63, 3.8) is 0 Å². The molecule has 0 amide bonds. The number of aromatic nitrogens is 3. The minimum Gasteiger partial charge on any atom is -0.493 e. The summed E-state index contributed by atoms with van der Waals surface area (Å²) in [4.78, 5) is 0. The Labute approximate surface area is 187 Å². The zero-order chi connectivity index (χ0) is 21.8. The Balaban J connectivity index is 1.78. The highest BCUT2D eigenvalue weighted by Crippen LogP contribution is 2.35. The fraction of sp³-hybridized carbons (Fsp3) is 0.200. The molecule has 3 aromatic carbocycles. The van der Waals surface area contributed by atoms with Crippen molar-refractivity contribution >= 4 is 11.8 Å². The smallest absolute Gasteiger partial charge is 0.196 e. The summed E-state index contributed by atoms with van der Waals surface area (Å²) in [7, 11) is 3.27. The lowest BCUT2D eigenvalue weighted by molar-refractivity contribution is 0.355. The molecule has 0 N–H and O–H groups in total. The van der Waals surface area contributed by atoms with E-state index in [0.717, 1.165) is 33.5 Å². The molecule has 0 radical (unpaired) electrons. The molecule has 0 bridgehead atoms. The number of ether oxygens (including phenoxy) is 2. The number of methoxy groups -OCH3 is 2. The quantitative estimate of drug-likeness (QED) is 0.343. The summed E-state index contributed by atoms with van der Waals surface area (Å²) < 4.78 is 13.0. The van der Waals surface area contributed by atoms with E-state index in [9.17, 15) is 0 Å². The molecule has 158 valence electrons. The number of hydrogen-bond acceptors (Lipinski definition) is 5. The van der Waals surface area contributed by atoms with Crippen LogP contribution in [0.3, 0.4) is 0 Å². The number of aryl methyl sites for hydroxylation is 2. The second-order valence-electron chi connectivity index (χ2n) is 7.28. The molecule has 4 aromatic rings. The first-order valence-electron chi connectivity index (χ1n) is 10.0. The van der Waals surface area contributed by atoms with Gasteiger partial charge < -0.3 is 9.47 Å². The van der Waals surface area contributed by atoms with Gasteiger partial charge in [-0.05, 0) is 49.2 Å². The number of para-hydroxylation sites is 1. The summed E-state index contributed by atoms with van der Waals surface area (Å²) >= 11 is 1.68. The molecule has 0 atom stereocenters. The van der Waals surface area contributed by atoms with Crippen LogP contribution in [0, 0.1) is 13.8 Å². The van der Waals surface area contributed by atoms with E-state index in [2.05, 4.69) is 65.0 Å². The Morgan fingerprint density at radius 3 is 2.39 bits per heavy atom. The van der Waals surface area contributed by atoms with Crippen LogP contribution >= 0.6 is 11.8 Å². The largest absolute Gasteiger partial charge is 0.493 e. The van der Waals surface area contributed by atoms with Gasteiger partial charge in [0, 0.05) is 11.3 Å². The van der Waals surface area contributed by atoms with E-state index in [-0.39, 0.29) is 0 Å². The van der Waals surface area contributed by atoms with Gasteiger partial charge >= 0.3 is 0 Å². The third-order valence-electron chi connectivity index (χ3n) is 5.08. The van der Waals surface area contributed by atoms with E-state index in [0.29, 0.717) is 11.5 Å². The van der Waals surface area contributed by atoms with Gasteiger partial charge in [0.25, 0.3) is 0 Å². The van der Waals surface area contributed by atoms with Crippen LogP contribution in [-0.2, 0) is 5.75 Å². The molecule has 31 heavy (non-hydrogen) atoms. The Kier molecular flexibility index (Phi) is 6.28. The van der Waals surface area contributed by atoms with Crippen molar-refractivity contribution in [1.82, 2.24) is 14.8 Å². The van der Waals surface area contributed by atoms with Gasteiger partial charge in [-0.2, -0.15) is 0 Å². The average Bonchev–Trinajstić information content (AvgIpc) is 3.21. The minimum absolute atomic E-state index is 0.660. The van der Waals surface area contributed by atoms with Crippen LogP contribution < -0.4 is 9.47 Å². The van der Waals surface area contributed by atoms with Gasteiger partial charge in [-0.25, -0.2) is 0 Å². The predicted molar refractivity (Wildman–Crippen MR) is 125 cm³/mol. The Bertz CT molecular complexity index is 1200. The Morgan fingerprint density at radius 1 is 0.839 bits per heavy atom. The summed E-state index contributed by atoms with van der Waals surface area (Å²) in [5, 5.41) is 9.96. The fourth-order valence-electron chi connectivity index (χ4n) is 3.51. The molecule has 4 rings (SSSR count). The molecule has 0 spiro atoms. The SMILES string of the molecule is COc1ccc(-c2nnc(SCc3cccc(C)c3)n2-c2ccccc2C)cc1OC. The van der Waals surface area contributed by atoms with Crippen molar-refractivity contribution in [2.45, 2.75) is 24.8 Å². The van der Waals surface area contributed by atoms with E-state index >= 15 is 0 Å². The van der Waals surface area contributed by atoms with Crippen molar-refractivity contribution in [2.75, 3.05) is 14.2 Å². The predicted octanol–water partition coefficient (Wildman–Crippen LogP) is 5.86. The van der Waals surface area contributed by atoms with Crippen LogP contribution in [0.1, 0.15) is 16.7 Å².